The molecule has 0 fully saturated rings. The second kappa shape index (κ2) is 6.99. The molecule has 0 saturated carbocycles. The van der Waals surface area contributed by atoms with E-state index in [9.17, 15) is 28.1 Å². The second-order valence-electron chi connectivity index (χ2n) is 6.05. The third kappa shape index (κ3) is 3.92. The Balaban J connectivity index is 1.85. The number of aromatic nitrogens is 2. The quantitative estimate of drug-likeness (QED) is 0.641. The fourth-order valence-corrected chi connectivity index (χ4v) is 2.98. The second-order valence-corrected chi connectivity index (χ2v) is 6.05. The largest absolute Gasteiger partial charge is 0.496 e. The molecule has 0 spiro atoms. The van der Waals surface area contributed by atoms with Crippen LogP contribution in [0.15, 0.2) is 23.0 Å². The van der Waals surface area contributed by atoms with E-state index in [1.54, 1.807) is 16.0 Å². The van der Waals surface area contributed by atoms with Gasteiger partial charge in [0.05, 0.1) is 23.8 Å². The molecule has 1 aliphatic rings. The number of hydrogen-bond donors (Lipinski definition) is 1. The number of nitro benzene ring substituents is 1. The number of alkyl halides is 3. The molecule has 27 heavy (non-hydrogen) atoms. The first kappa shape index (κ1) is 18.8. The predicted molar refractivity (Wildman–Crippen MR) is 87.3 cm³/mol. The lowest BCUT2D eigenvalue weighted by Crippen LogP contribution is -2.36. The molecule has 1 aromatic heterocycles. The van der Waals surface area contributed by atoms with Gasteiger partial charge in [0.1, 0.15) is 5.75 Å². The lowest BCUT2D eigenvalue weighted by molar-refractivity contribution is -0.384. The minimum atomic E-state index is -4.74. The highest BCUT2D eigenvalue weighted by Crippen LogP contribution is 2.29. The summed E-state index contributed by atoms with van der Waals surface area (Å²) < 4.78 is 43.8. The normalized spacial score (nSPS) is 14.7. The Kier molecular flexibility index (Phi) is 4.87. The Bertz CT molecular complexity index is 942. The SMILES string of the molecule is COc1cc([N+](=O)[O-])ccc1CN1CCc2c(nc(C(F)(F)F)[nH]c2=O)C1. The van der Waals surface area contributed by atoms with Gasteiger partial charge in [-0.2, -0.15) is 13.2 Å². The number of benzene rings is 1. The molecular formula is C16H15F3N4O4. The number of nitrogens with zero attached hydrogens (tertiary/aromatic N) is 3. The standard InChI is InChI=1S/C16H15F3N4O4/c1-27-13-6-10(23(25)26)3-2-9(13)7-22-5-4-11-12(8-22)20-15(16(17,18)19)21-14(11)24/h2-3,6H,4-5,7-8H2,1H3,(H,20,21,24). The summed E-state index contributed by atoms with van der Waals surface area (Å²) in [6.07, 6.45) is -4.48. The number of halogens is 3. The highest BCUT2D eigenvalue weighted by atomic mass is 19.4. The fourth-order valence-electron chi connectivity index (χ4n) is 2.98. The van der Waals surface area contributed by atoms with Crippen molar-refractivity contribution in [1.82, 2.24) is 14.9 Å². The van der Waals surface area contributed by atoms with Crippen LogP contribution in [0, 0.1) is 10.1 Å². The third-order valence-electron chi connectivity index (χ3n) is 4.30. The van der Waals surface area contributed by atoms with E-state index < -0.39 is 22.5 Å². The zero-order chi connectivity index (χ0) is 19.8. The Labute approximate surface area is 150 Å². The van der Waals surface area contributed by atoms with Crippen molar-refractivity contribution in [2.75, 3.05) is 13.7 Å². The summed E-state index contributed by atoms with van der Waals surface area (Å²) in [5.41, 5.74) is 0.0723. The predicted octanol–water partition coefficient (Wildman–Crippen LogP) is 2.26. The smallest absolute Gasteiger partial charge is 0.449 e. The van der Waals surface area contributed by atoms with Crippen LogP contribution < -0.4 is 10.3 Å². The van der Waals surface area contributed by atoms with E-state index in [0.717, 1.165) is 0 Å². The van der Waals surface area contributed by atoms with Crippen molar-refractivity contribution in [3.63, 3.8) is 0 Å². The van der Waals surface area contributed by atoms with Gasteiger partial charge in [-0.3, -0.25) is 19.8 Å². The van der Waals surface area contributed by atoms with E-state index in [4.69, 9.17) is 4.74 Å². The summed E-state index contributed by atoms with van der Waals surface area (Å²) in [5.74, 6) is -1.01. The van der Waals surface area contributed by atoms with Crippen molar-refractivity contribution in [2.24, 2.45) is 0 Å². The van der Waals surface area contributed by atoms with Crippen LogP contribution in [-0.4, -0.2) is 33.4 Å². The molecule has 11 heteroatoms. The summed E-state index contributed by atoms with van der Waals surface area (Å²) in [4.78, 5) is 29.4. The first-order valence-corrected chi connectivity index (χ1v) is 7.92. The number of hydrogen-bond acceptors (Lipinski definition) is 6. The molecule has 0 atom stereocenters. The Morgan fingerprint density at radius 1 is 1.41 bits per heavy atom. The van der Waals surface area contributed by atoms with Crippen molar-refractivity contribution in [1.29, 1.82) is 0 Å². The van der Waals surface area contributed by atoms with Gasteiger partial charge in [0.15, 0.2) is 0 Å². The summed E-state index contributed by atoms with van der Waals surface area (Å²) >= 11 is 0. The lowest BCUT2D eigenvalue weighted by Gasteiger charge is -2.28. The molecule has 1 N–H and O–H groups in total. The monoisotopic (exact) mass is 384 g/mol. The third-order valence-corrected chi connectivity index (χ3v) is 4.30. The lowest BCUT2D eigenvalue weighted by atomic mass is 10.0. The van der Waals surface area contributed by atoms with Crippen LogP contribution in [0.1, 0.15) is 22.6 Å². The molecule has 144 valence electrons. The molecule has 0 amide bonds. The molecule has 1 aliphatic heterocycles. The summed E-state index contributed by atoms with van der Waals surface area (Å²) in [6.45, 7) is 0.780. The van der Waals surface area contributed by atoms with Crippen LogP contribution in [0.5, 0.6) is 5.75 Å². The van der Waals surface area contributed by atoms with Gasteiger partial charge in [0, 0.05) is 36.8 Å². The summed E-state index contributed by atoms with van der Waals surface area (Å²) in [5, 5.41) is 10.9. The van der Waals surface area contributed by atoms with Gasteiger partial charge in [-0.05, 0) is 12.5 Å². The van der Waals surface area contributed by atoms with E-state index >= 15 is 0 Å². The molecule has 2 aromatic rings. The van der Waals surface area contributed by atoms with Crippen LogP contribution >= 0.6 is 0 Å². The number of nitro groups is 1. The van der Waals surface area contributed by atoms with E-state index in [0.29, 0.717) is 17.9 Å². The average Bonchev–Trinajstić information content (AvgIpc) is 2.60. The van der Waals surface area contributed by atoms with E-state index in [1.165, 1.54) is 19.2 Å². The number of H-pyrrole nitrogens is 1. The maximum atomic E-state index is 12.9. The van der Waals surface area contributed by atoms with E-state index in [1.807, 2.05) is 0 Å². The topological polar surface area (TPSA) is 101 Å². The summed E-state index contributed by atoms with van der Waals surface area (Å²) in [7, 11) is 1.38. The van der Waals surface area contributed by atoms with E-state index in [2.05, 4.69) is 4.98 Å². The number of ether oxygens (including phenoxy) is 1. The molecule has 0 unspecified atom stereocenters. The molecule has 2 heterocycles. The number of fused-ring (bicyclic) bond motifs is 1. The van der Waals surface area contributed by atoms with Gasteiger partial charge < -0.3 is 9.72 Å². The van der Waals surface area contributed by atoms with Crippen LogP contribution in [0.3, 0.4) is 0 Å². The summed E-state index contributed by atoms with van der Waals surface area (Å²) in [6, 6.07) is 4.16. The number of nitrogens with one attached hydrogen (secondary N) is 1. The van der Waals surface area contributed by atoms with Gasteiger partial charge in [-0.25, -0.2) is 4.98 Å². The minimum absolute atomic E-state index is 0.0580. The Morgan fingerprint density at radius 2 is 2.15 bits per heavy atom. The maximum absolute atomic E-state index is 12.9. The van der Waals surface area contributed by atoms with Crippen LogP contribution in [0.4, 0.5) is 18.9 Å². The fraction of sp³-hybridized carbons (Fsp3) is 0.375. The van der Waals surface area contributed by atoms with Crippen LogP contribution in [0.25, 0.3) is 0 Å². The highest BCUT2D eigenvalue weighted by Gasteiger charge is 2.36. The Morgan fingerprint density at radius 3 is 2.78 bits per heavy atom. The van der Waals surface area contributed by atoms with Crippen molar-refractivity contribution >= 4 is 5.69 Å². The molecule has 8 nitrogen and oxygen atoms in total. The van der Waals surface area contributed by atoms with Crippen molar-refractivity contribution in [3.8, 4) is 5.75 Å². The molecule has 3 rings (SSSR count). The molecule has 0 bridgehead atoms. The molecular weight excluding hydrogens is 369 g/mol. The molecule has 1 aromatic carbocycles. The maximum Gasteiger partial charge on any atom is 0.449 e. The highest BCUT2D eigenvalue weighted by molar-refractivity contribution is 5.44. The number of non-ortho nitro benzene ring substituents is 1. The van der Waals surface area contributed by atoms with Gasteiger partial charge in [-0.15, -0.1) is 0 Å². The number of aromatic amines is 1. The molecule has 0 aliphatic carbocycles. The van der Waals surface area contributed by atoms with Gasteiger partial charge in [0.2, 0.25) is 5.82 Å². The van der Waals surface area contributed by atoms with Crippen molar-refractivity contribution in [3.05, 3.63) is 61.3 Å². The van der Waals surface area contributed by atoms with Crippen molar-refractivity contribution in [2.45, 2.75) is 25.7 Å². The Hall–Kier alpha value is -2.95. The first-order valence-electron chi connectivity index (χ1n) is 7.92. The zero-order valence-electron chi connectivity index (χ0n) is 14.2. The first-order chi connectivity index (χ1) is 12.7. The number of rotatable bonds is 4. The minimum Gasteiger partial charge on any atom is -0.496 e. The van der Waals surface area contributed by atoms with E-state index in [-0.39, 0.29) is 36.5 Å². The van der Waals surface area contributed by atoms with Crippen LogP contribution in [0.2, 0.25) is 0 Å². The van der Waals surface area contributed by atoms with Gasteiger partial charge >= 0.3 is 6.18 Å². The van der Waals surface area contributed by atoms with Crippen LogP contribution in [-0.2, 0) is 25.7 Å². The average molecular weight is 384 g/mol. The zero-order valence-corrected chi connectivity index (χ0v) is 14.2. The van der Waals surface area contributed by atoms with Gasteiger partial charge in [0.25, 0.3) is 11.2 Å². The number of methoxy groups -OCH3 is 1. The molecule has 0 saturated heterocycles. The van der Waals surface area contributed by atoms with Gasteiger partial charge in [-0.1, -0.05) is 0 Å². The van der Waals surface area contributed by atoms with Crippen molar-refractivity contribution < 1.29 is 22.8 Å². The molecule has 0 radical (unpaired) electrons.